The summed E-state index contributed by atoms with van der Waals surface area (Å²) in [5.41, 5.74) is 5.63. The second-order valence-corrected chi connectivity index (χ2v) is 14.4. The first-order valence-electron chi connectivity index (χ1n) is 18.6. The van der Waals surface area contributed by atoms with Gasteiger partial charge in [0.05, 0.1) is 29.5 Å². The summed E-state index contributed by atoms with van der Waals surface area (Å²) < 4.78 is 49.2. The van der Waals surface area contributed by atoms with E-state index in [9.17, 15) is 9.59 Å². The number of benzene rings is 5. The number of hydrogen-bond donors (Lipinski definition) is 0. The molecule has 11 heteroatoms. The van der Waals surface area contributed by atoms with Crippen LogP contribution in [0.15, 0.2) is 120 Å². The maximum atomic E-state index is 16.5. The molecule has 0 saturated carbocycles. The highest BCUT2D eigenvalue weighted by molar-refractivity contribution is 7.22. The maximum absolute atomic E-state index is 16.5. The van der Waals surface area contributed by atoms with Crippen LogP contribution in [0.3, 0.4) is 0 Å². The fourth-order valence-electron chi connectivity index (χ4n) is 5.97. The van der Waals surface area contributed by atoms with Crippen LogP contribution < -0.4 is 14.5 Å². The summed E-state index contributed by atoms with van der Waals surface area (Å²) in [5, 5.41) is 6.74. The molecule has 0 amide bonds. The summed E-state index contributed by atoms with van der Waals surface area (Å²) in [4.78, 5) is 29.3. The number of ketones is 1. The number of hydrazone groups is 1. The Morgan fingerprint density at radius 2 is 1.63 bits per heavy atom. The molecule has 6 aromatic rings. The minimum atomic E-state index is -0.659. The molecule has 0 aliphatic rings. The van der Waals surface area contributed by atoms with Crippen molar-refractivity contribution in [3.63, 3.8) is 0 Å². The van der Waals surface area contributed by atoms with Crippen LogP contribution in [0.25, 0.3) is 32.5 Å². The van der Waals surface area contributed by atoms with Gasteiger partial charge in [-0.05, 0) is 89.6 Å². The van der Waals surface area contributed by atoms with E-state index in [1.165, 1.54) is 35.2 Å². The van der Waals surface area contributed by atoms with Crippen molar-refractivity contribution in [3.8, 4) is 33.8 Å². The minimum absolute atomic E-state index is 0.0580. The normalized spacial score (nSPS) is 11.2. The Hall–Kier alpha value is -6.04. The molecule has 5 aromatic carbocycles. The van der Waals surface area contributed by atoms with Crippen LogP contribution in [0, 0.1) is 11.6 Å². The van der Waals surface area contributed by atoms with Crippen molar-refractivity contribution in [1.82, 2.24) is 4.98 Å². The number of Topliss-reactive ketones (excluding diaryl/α,β-unsaturated/α-hetero) is 1. The highest BCUT2D eigenvalue weighted by atomic mass is 32.1. The summed E-state index contributed by atoms with van der Waals surface area (Å²) in [5.74, 6) is -1.63. The zero-order valence-corrected chi connectivity index (χ0v) is 32.9. The third kappa shape index (κ3) is 10.6. The van der Waals surface area contributed by atoms with Gasteiger partial charge < -0.3 is 14.2 Å². The Bertz CT molecular complexity index is 2360. The van der Waals surface area contributed by atoms with Gasteiger partial charge in [-0.15, -0.1) is 0 Å². The molecule has 292 valence electrons. The molecular weight excluding hydrogens is 745 g/mol. The lowest BCUT2D eigenvalue weighted by atomic mass is 9.96. The predicted molar refractivity (Wildman–Crippen MR) is 223 cm³/mol. The number of thiazole rings is 1. The Labute approximate surface area is 335 Å². The van der Waals surface area contributed by atoms with Crippen LogP contribution >= 0.6 is 11.3 Å². The number of ether oxygens (including phenoxy) is 3. The van der Waals surface area contributed by atoms with Crippen LogP contribution in [0.5, 0.6) is 11.5 Å². The largest absolute Gasteiger partial charge is 0.491 e. The Balaban J connectivity index is 1.17. The number of halogens is 2. The van der Waals surface area contributed by atoms with E-state index < -0.39 is 17.6 Å². The Kier molecular flexibility index (Phi) is 13.7. The fourth-order valence-corrected chi connectivity index (χ4v) is 6.85. The molecule has 0 fully saturated rings. The SMILES string of the molecule is C=C(C)C(=O)COCCOc1ccc(-c2ccc(CCC(=O)Oc3ccc(-c4ccc(CCC)cc4)cc3F)c(/C=N/N(C)c3nc4ccccc4s3)c2F)cc1. The number of anilines is 1. The highest BCUT2D eigenvalue weighted by Gasteiger charge is 2.18. The first-order chi connectivity index (χ1) is 27.6. The van der Waals surface area contributed by atoms with E-state index in [0.717, 1.165) is 28.6 Å². The molecule has 0 N–H and O–H groups in total. The fraction of sp³-hybridized carbons (Fsp3) is 0.217. The Morgan fingerprint density at radius 3 is 2.35 bits per heavy atom. The van der Waals surface area contributed by atoms with Crippen molar-refractivity contribution >= 4 is 44.7 Å². The summed E-state index contributed by atoms with van der Waals surface area (Å²) in [6.45, 7) is 7.74. The lowest BCUT2D eigenvalue weighted by molar-refractivity contribution is -0.134. The lowest BCUT2D eigenvalue weighted by Gasteiger charge is -2.14. The second kappa shape index (κ2) is 19.2. The number of rotatable bonds is 18. The third-order valence-corrected chi connectivity index (χ3v) is 10.2. The zero-order chi connectivity index (χ0) is 40.3. The standard InChI is InChI=1S/C46H43F2N3O5S/c1-5-8-31-11-13-32(14-12-31)35-18-23-42(39(47)27-35)56-44(53)24-19-34-17-22-37(33-15-20-36(21-16-33)55-26-25-54-29-41(52)30(2)3)45(48)38(34)28-49-51(4)46-50-40-9-6-7-10-43(40)57-46/h6-7,9-18,20-23,27-28H,2,5,8,19,24-26,29H2,1,3-4H3/b49-28+. The number of aryl methyl sites for hydroxylation is 2. The van der Waals surface area contributed by atoms with Crippen molar-refractivity contribution < 1.29 is 32.6 Å². The van der Waals surface area contributed by atoms with E-state index in [4.69, 9.17) is 14.2 Å². The average Bonchev–Trinajstić information content (AvgIpc) is 3.66. The van der Waals surface area contributed by atoms with Gasteiger partial charge in [0.2, 0.25) is 5.13 Å². The molecule has 0 bridgehead atoms. The molecule has 8 nitrogen and oxygen atoms in total. The van der Waals surface area contributed by atoms with Crippen LogP contribution in [0.1, 0.15) is 43.4 Å². The third-order valence-electron chi connectivity index (χ3n) is 9.14. The summed E-state index contributed by atoms with van der Waals surface area (Å²) in [6, 6.07) is 30.5. The van der Waals surface area contributed by atoms with Crippen molar-refractivity contribution in [1.29, 1.82) is 0 Å². The average molecular weight is 788 g/mol. The van der Waals surface area contributed by atoms with Gasteiger partial charge in [-0.25, -0.2) is 18.8 Å². The van der Waals surface area contributed by atoms with Crippen LogP contribution in [-0.4, -0.2) is 49.8 Å². The summed E-state index contributed by atoms with van der Waals surface area (Å²) in [6.07, 6.45) is 3.41. The van der Waals surface area contributed by atoms with Gasteiger partial charge in [-0.2, -0.15) is 5.10 Å². The number of nitrogens with zero attached hydrogens (tertiary/aromatic N) is 3. The van der Waals surface area contributed by atoms with Crippen LogP contribution in [-0.2, 0) is 27.2 Å². The number of aromatic nitrogens is 1. The smallest absolute Gasteiger partial charge is 0.311 e. The van der Waals surface area contributed by atoms with Crippen LogP contribution in [0.4, 0.5) is 13.9 Å². The van der Waals surface area contributed by atoms with Crippen molar-refractivity contribution in [3.05, 3.63) is 144 Å². The Morgan fingerprint density at radius 1 is 0.895 bits per heavy atom. The van der Waals surface area contributed by atoms with E-state index in [1.807, 2.05) is 48.5 Å². The molecule has 0 atom stereocenters. The topological polar surface area (TPSA) is 90.3 Å². The number of hydrogen-bond acceptors (Lipinski definition) is 9. The first kappa shape index (κ1) is 40.6. The quantitative estimate of drug-likeness (QED) is 0.0214. The molecule has 57 heavy (non-hydrogen) atoms. The zero-order valence-electron chi connectivity index (χ0n) is 32.1. The second-order valence-electron chi connectivity index (χ2n) is 13.4. The minimum Gasteiger partial charge on any atom is -0.491 e. The molecule has 6 rings (SSSR count). The van der Waals surface area contributed by atoms with E-state index in [-0.39, 0.29) is 49.8 Å². The molecular formula is C46H43F2N3O5S. The number of esters is 1. The molecule has 0 saturated heterocycles. The highest BCUT2D eigenvalue weighted by Crippen LogP contribution is 2.31. The van der Waals surface area contributed by atoms with Gasteiger partial charge >= 0.3 is 5.97 Å². The molecule has 0 spiro atoms. The predicted octanol–water partition coefficient (Wildman–Crippen LogP) is 10.4. The molecule has 0 aliphatic carbocycles. The first-order valence-corrected chi connectivity index (χ1v) is 19.4. The van der Waals surface area contributed by atoms with Crippen molar-refractivity contribution in [2.45, 2.75) is 39.5 Å². The summed E-state index contributed by atoms with van der Waals surface area (Å²) in [7, 11) is 1.73. The van der Waals surface area contributed by atoms with Gasteiger partial charge in [-0.1, -0.05) is 98.0 Å². The van der Waals surface area contributed by atoms with E-state index in [1.54, 1.807) is 61.4 Å². The van der Waals surface area contributed by atoms with Gasteiger partial charge in [0, 0.05) is 18.2 Å². The van der Waals surface area contributed by atoms with Gasteiger partial charge in [0.25, 0.3) is 0 Å². The van der Waals surface area contributed by atoms with Crippen LogP contribution in [0.2, 0.25) is 0 Å². The maximum Gasteiger partial charge on any atom is 0.311 e. The van der Waals surface area contributed by atoms with E-state index in [2.05, 4.69) is 23.6 Å². The van der Waals surface area contributed by atoms with Gasteiger partial charge in [-0.3, -0.25) is 9.59 Å². The molecule has 0 aliphatic heterocycles. The lowest BCUT2D eigenvalue weighted by Crippen LogP contribution is -2.13. The molecule has 1 heterocycles. The number of carbonyl (C=O) groups excluding carboxylic acids is 2. The number of fused-ring (bicyclic) bond motifs is 1. The van der Waals surface area contributed by atoms with Gasteiger partial charge in [0.15, 0.2) is 17.3 Å². The van der Waals surface area contributed by atoms with E-state index in [0.29, 0.717) is 38.7 Å². The molecule has 0 unspecified atom stereocenters. The van der Waals surface area contributed by atoms with Crippen molar-refractivity contribution in [2.75, 3.05) is 31.9 Å². The number of carbonyl (C=O) groups is 2. The summed E-state index contributed by atoms with van der Waals surface area (Å²) >= 11 is 1.46. The van der Waals surface area contributed by atoms with E-state index >= 15 is 8.78 Å². The molecule has 1 aromatic heterocycles. The van der Waals surface area contributed by atoms with Gasteiger partial charge in [0.1, 0.15) is 24.8 Å². The van der Waals surface area contributed by atoms with Crippen molar-refractivity contribution in [2.24, 2.45) is 5.10 Å². The number of para-hydroxylation sites is 1. The molecule has 0 radical (unpaired) electrons. The monoisotopic (exact) mass is 787 g/mol.